The van der Waals surface area contributed by atoms with Crippen molar-refractivity contribution < 1.29 is 18.9 Å². The average Bonchev–Trinajstić information content (AvgIpc) is 2.72. The second-order valence-electron chi connectivity index (χ2n) is 6.32. The molecule has 0 radical (unpaired) electrons. The summed E-state index contributed by atoms with van der Waals surface area (Å²) in [5.41, 5.74) is 1.18. The van der Waals surface area contributed by atoms with E-state index in [2.05, 4.69) is 5.32 Å². The fourth-order valence-corrected chi connectivity index (χ4v) is 3.53. The zero-order valence-electron chi connectivity index (χ0n) is 16.1. The lowest BCUT2D eigenvalue weighted by molar-refractivity contribution is -0.384. The summed E-state index contributed by atoms with van der Waals surface area (Å²) in [6.45, 7) is 1.58. The minimum atomic E-state index is -0.757. The number of carbonyl (C=O) groups excluding carboxylic acids is 2. The van der Waals surface area contributed by atoms with Crippen molar-refractivity contribution in [3.05, 3.63) is 75.6 Å². The molecule has 0 aromatic heterocycles. The first kappa shape index (κ1) is 22.4. The Hall–Kier alpha value is -2.94. The quantitative estimate of drug-likeness (QED) is 0.498. The minimum Gasteiger partial charge on any atom is -0.357 e. The molecule has 7 nitrogen and oxygen atoms in total. The van der Waals surface area contributed by atoms with Crippen LogP contribution in [0, 0.1) is 15.9 Å². The molecule has 154 valence electrons. The van der Waals surface area contributed by atoms with E-state index >= 15 is 0 Å². The number of amides is 2. The lowest BCUT2D eigenvalue weighted by Crippen LogP contribution is -2.47. The monoisotopic (exact) mass is 419 g/mol. The number of benzene rings is 2. The maximum Gasteiger partial charge on any atom is 0.269 e. The molecule has 2 rings (SSSR count). The summed E-state index contributed by atoms with van der Waals surface area (Å²) in [5, 5.41) is 13.2. The molecule has 2 aromatic carbocycles. The average molecular weight is 419 g/mol. The van der Waals surface area contributed by atoms with Crippen molar-refractivity contribution in [1.82, 2.24) is 10.2 Å². The van der Waals surface area contributed by atoms with Gasteiger partial charge in [0.25, 0.3) is 5.69 Å². The highest BCUT2D eigenvalue weighted by Crippen LogP contribution is 2.19. The Morgan fingerprint density at radius 1 is 1.21 bits per heavy atom. The number of nitrogens with one attached hydrogen (secondary N) is 1. The summed E-state index contributed by atoms with van der Waals surface area (Å²) in [5.74, 6) is -0.502. The molecule has 29 heavy (non-hydrogen) atoms. The number of hydrogen-bond acceptors (Lipinski definition) is 5. The van der Waals surface area contributed by atoms with Crippen molar-refractivity contribution in [2.75, 3.05) is 12.8 Å². The van der Waals surface area contributed by atoms with E-state index < -0.39 is 16.8 Å². The number of thioether (sulfide) groups is 1. The van der Waals surface area contributed by atoms with E-state index in [1.54, 1.807) is 37.3 Å². The molecule has 1 atom stereocenters. The van der Waals surface area contributed by atoms with Gasteiger partial charge >= 0.3 is 0 Å². The summed E-state index contributed by atoms with van der Waals surface area (Å²) in [7, 11) is 1.48. The molecule has 0 saturated carbocycles. The molecule has 0 aliphatic heterocycles. The van der Waals surface area contributed by atoms with Crippen LogP contribution in [0.2, 0.25) is 0 Å². The predicted octanol–water partition coefficient (Wildman–Crippen LogP) is 3.13. The lowest BCUT2D eigenvalue weighted by atomic mass is 10.1. The van der Waals surface area contributed by atoms with Crippen molar-refractivity contribution in [2.24, 2.45) is 0 Å². The second kappa shape index (κ2) is 10.6. The fraction of sp³-hybridized carbons (Fsp3) is 0.300. The molecule has 2 aromatic rings. The van der Waals surface area contributed by atoms with Gasteiger partial charge in [0.15, 0.2) is 0 Å². The van der Waals surface area contributed by atoms with Crippen molar-refractivity contribution in [2.45, 2.75) is 25.3 Å². The summed E-state index contributed by atoms with van der Waals surface area (Å²) in [6.07, 6.45) is 0. The number of halogens is 1. The van der Waals surface area contributed by atoms with Crippen LogP contribution in [0.1, 0.15) is 18.1 Å². The molecular formula is C20H22FN3O4S. The number of nitro benzene ring substituents is 1. The van der Waals surface area contributed by atoms with Crippen molar-refractivity contribution >= 4 is 29.3 Å². The maximum absolute atomic E-state index is 14.0. The third-order valence-electron chi connectivity index (χ3n) is 4.35. The van der Waals surface area contributed by atoms with Gasteiger partial charge in [-0.15, -0.1) is 11.8 Å². The fourth-order valence-electron chi connectivity index (χ4n) is 2.65. The summed E-state index contributed by atoms with van der Waals surface area (Å²) in [4.78, 5) is 36.4. The van der Waals surface area contributed by atoms with Gasteiger partial charge in [0, 0.05) is 37.0 Å². The first-order valence-electron chi connectivity index (χ1n) is 8.89. The van der Waals surface area contributed by atoms with Gasteiger partial charge in [0.2, 0.25) is 11.8 Å². The number of nitrogens with zero attached hydrogens (tertiary/aromatic N) is 2. The predicted molar refractivity (Wildman–Crippen MR) is 110 cm³/mol. The van der Waals surface area contributed by atoms with Gasteiger partial charge in [-0.05, 0) is 18.6 Å². The summed E-state index contributed by atoms with van der Waals surface area (Å²) >= 11 is 1.32. The molecule has 2 amide bonds. The Kier molecular flexibility index (Phi) is 8.14. The van der Waals surface area contributed by atoms with Crippen LogP contribution in [-0.4, -0.2) is 40.5 Å². The number of rotatable bonds is 9. The molecule has 0 fully saturated rings. The van der Waals surface area contributed by atoms with Crippen LogP contribution in [0.5, 0.6) is 0 Å². The SMILES string of the molecule is CNC(=O)C(C)N(Cc1ccccc1F)C(=O)CSCc1ccc([N+](=O)[O-])cc1. The molecule has 9 heteroatoms. The van der Waals surface area contributed by atoms with Gasteiger partial charge in [-0.3, -0.25) is 19.7 Å². The lowest BCUT2D eigenvalue weighted by Gasteiger charge is -2.28. The van der Waals surface area contributed by atoms with Crippen LogP contribution < -0.4 is 5.32 Å². The van der Waals surface area contributed by atoms with Crippen LogP contribution in [0.4, 0.5) is 10.1 Å². The van der Waals surface area contributed by atoms with E-state index in [4.69, 9.17) is 0 Å². The normalized spacial score (nSPS) is 11.6. The van der Waals surface area contributed by atoms with Crippen molar-refractivity contribution in [1.29, 1.82) is 0 Å². The Morgan fingerprint density at radius 3 is 2.45 bits per heavy atom. The van der Waals surface area contributed by atoms with E-state index in [0.717, 1.165) is 5.56 Å². The van der Waals surface area contributed by atoms with E-state index in [-0.39, 0.29) is 29.8 Å². The van der Waals surface area contributed by atoms with Crippen LogP contribution in [0.3, 0.4) is 0 Å². The van der Waals surface area contributed by atoms with Gasteiger partial charge in [0.1, 0.15) is 11.9 Å². The number of hydrogen-bond donors (Lipinski definition) is 1. The van der Waals surface area contributed by atoms with Gasteiger partial charge in [-0.25, -0.2) is 4.39 Å². The highest BCUT2D eigenvalue weighted by Gasteiger charge is 2.26. The van der Waals surface area contributed by atoms with Crippen LogP contribution in [0.15, 0.2) is 48.5 Å². The van der Waals surface area contributed by atoms with Gasteiger partial charge in [-0.1, -0.05) is 30.3 Å². The zero-order valence-corrected chi connectivity index (χ0v) is 16.9. The van der Waals surface area contributed by atoms with Crippen LogP contribution >= 0.6 is 11.8 Å². The Bertz CT molecular complexity index is 876. The molecule has 0 heterocycles. The molecule has 0 aliphatic carbocycles. The summed E-state index contributed by atoms with van der Waals surface area (Å²) < 4.78 is 14.0. The molecule has 0 aliphatic rings. The largest absolute Gasteiger partial charge is 0.357 e. The Balaban J connectivity index is 2.03. The summed E-state index contributed by atoms with van der Waals surface area (Å²) in [6, 6.07) is 11.5. The van der Waals surface area contributed by atoms with Crippen molar-refractivity contribution in [3.8, 4) is 0 Å². The molecule has 1 N–H and O–H groups in total. The third kappa shape index (κ3) is 6.28. The first-order chi connectivity index (χ1) is 13.8. The molecule has 1 unspecified atom stereocenters. The highest BCUT2D eigenvalue weighted by molar-refractivity contribution is 7.99. The molecule has 0 spiro atoms. The van der Waals surface area contributed by atoms with Gasteiger partial charge in [0.05, 0.1) is 10.7 Å². The maximum atomic E-state index is 14.0. The minimum absolute atomic E-state index is 0.00490. The number of nitro groups is 1. The standard InChI is InChI=1S/C20H22FN3O4S/c1-14(20(26)22-2)23(11-16-5-3-4-6-18(16)21)19(25)13-29-12-15-7-9-17(10-8-15)24(27)28/h3-10,14H,11-13H2,1-2H3,(H,22,26). The van der Waals surface area contributed by atoms with E-state index in [1.165, 1.54) is 41.9 Å². The Morgan fingerprint density at radius 2 is 1.86 bits per heavy atom. The van der Waals surface area contributed by atoms with E-state index in [9.17, 15) is 24.1 Å². The van der Waals surface area contributed by atoms with E-state index in [1.807, 2.05) is 0 Å². The zero-order chi connectivity index (χ0) is 21.4. The van der Waals surface area contributed by atoms with Crippen molar-refractivity contribution in [3.63, 3.8) is 0 Å². The molecule has 0 bridgehead atoms. The smallest absolute Gasteiger partial charge is 0.269 e. The third-order valence-corrected chi connectivity index (χ3v) is 5.34. The highest BCUT2D eigenvalue weighted by atomic mass is 32.2. The first-order valence-corrected chi connectivity index (χ1v) is 10.0. The van der Waals surface area contributed by atoms with Crippen LogP contribution in [0.25, 0.3) is 0 Å². The number of likely N-dealkylation sites (N-methyl/N-ethyl adjacent to an activating group) is 1. The number of non-ortho nitro benzene ring substituents is 1. The second-order valence-corrected chi connectivity index (χ2v) is 7.31. The molecular weight excluding hydrogens is 397 g/mol. The molecule has 0 saturated heterocycles. The number of carbonyl (C=O) groups is 2. The van der Waals surface area contributed by atoms with Crippen LogP contribution in [-0.2, 0) is 21.9 Å². The Labute approximate surface area is 172 Å². The van der Waals surface area contributed by atoms with E-state index in [0.29, 0.717) is 11.3 Å². The van der Waals surface area contributed by atoms with Gasteiger partial charge < -0.3 is 10.2 Å². The topological polar surface area (TPSA) is 92.6 Å². The van der Waals surface area contributed by atoms with Gasteiger partial charge in [-0.2, -0.15) is 0 Å².